The van der Waals surface area contributed by atoms with Gasteiger partial charge in [-0.05, 0) is 51.2 Å². The average Bonchev–Trinajstić information content (AvgIpc) is 3.42. The maximum Gasteiger partial charge on any atom is 0.253 e. The van der Waals surface area contributed by atoms with Gasteiger partial charge in [0.15, 0.2) is 0 Å². The number of aryl methyl sites for hydroxylation is 2. The number of carbonyl (C=O) groups excluding carboxylic acids is 3. The molecule has 37 heavy (non-hydrogen) atoms. The first-order chi connectivity index (χ1) is 17.6. The second-order valence-corrected chi connectivity index (χ2v) is 10.8. The molecule has 0 saturated carbocycles. The summed E-state index contributed by atoms with van der Waals surface area (Å²) in [5.41, 5.74) is 0.732. The Kier molecular flexibility index (Phi) is 7.36. The molecule has 1 N–H and O–H groups in total. The molecular weight excluding hydrogens is 470 g/mol. The van der Waals surface area contributed by atoms with Crippen LogP contribution in [-0.2, 0) is 19.1 Å². The van der Waals surface area contributed by atoms with Crippen molar-refractivity contribution in [3.8, 4) is 0 Å². The quantitative estimate of drug-likeness (QED) is 0.490. The molecule has 5 atom stereocenters. The molecule has 3 aliphatic rings. The molecule has 3 saturated heterocycles. The molecule has 3 heterocycles. The predicted octanol–water partition coefficient (Wildman–Crippen LogP) is 2.61. The fourth-order valence-corrected chi connectivity index (χ4v) is 6.88. The lowest BCUT2D eigenvalue weighted by molar-refractivity contribution is -0.149. The van der Waals surface area contributed by atoms with E-state index in [1.54, 1.807) is 33.9 Å². The number of rotatable bonds is 10. The molecule has 1 aromatic rings. The summed E-state index contributed by atoms with van der Waals surface area (Å²) < 4.78 is 6.70. The zero-order valence-corrected chi connectivity index (χ0v) is 22.4. The SMILES string of the molecule is C=CCN(C)C(=O)[C@@H]1[C@H]2C(=O)N(CCCO)C(C(=O)N(CC=C)c3c(C)cccc3C)C23CC[C@@]1(C)O3. The molecule has 3 fully saturated rings. The average molecular weight is 510 g/mol. The predicted molar refractivity (Wildman–Crippen MR) is 142 cm³/mol. The van der Waals surface area contributed by atoms with Crippen LogP contribution in [0.4, 0.5) is 5.69 Å². The lowest BCUT2D eigenvalue weighted by Crippen LogP contribution is -2.57. The Hall–Kier alpha value is -2.97. The van der Waals surface area contributed by atoms with E-state index in [1.165, 1.54) is 0 Å². The number of ether oxygens (including phenoxy) is 1. The van der Waals surface area contributed by atoms with Gasteiger partial charge in [0, 0.05) is 39.0 Å². The van der Waals surface area contributed by atoms with Gasteiger partial charge >= 0.3 is 0 Å². The van der Waals surface area contributed by atoms with Gasteiger partial charge in [0.05, 0.1) is 17.4 Å². The lowest BCUT2D eigenvalue weighted by Gasteiger charge is -2.37. The molecule has 3 aliphatic heterocycles. The first-order valence-corrected chi connectivity index (χ1v) is 13.0. The number of carbonyl (C=O) groups is 3. The molecule has 8 nitrogen and oxygen atoms in total. The summed E-state index contributed by atoms with van der Waals surface area (Å²) in [4.78, 5) is 47.1. The standard InChI is InChI=1S/C29H39N3O5/c1-7-15-30(6)25(34)21-22-26(35)32(17-10-18-33)24(29(22)14-13-28(21,5)37-29)27(36)31(16-8-2)23-19(3)11-9-12-20(23)4/h7-9,11-12,21-22,24,33H,1-2,10,13-18H2,3-6H3/t21-,22-,24?,28+,29?/m0/s1. The summed E-state index contributed by atoms with van der Waals surface area (Å²) in [5.74, 6) is -2.12. The Bertz CT molecular complexity index is 1100. The molecule has 3 amide bonds. The smallest absolute Gasteiger partial charge is 0.253 e. The Morgan fingerprint density at radius 2 is 1.81 bits per heavy atom. The van der Waals surface area contributed by atoms with Gasteiger partial charge in [-0.3, -0.25) is 14.4 Å². The van der Waals surface area contributed by atoms with Gasteiger partial charge < -0.3 is 24.5 Å². The van der Waals surface area contributed by atoms with Crippen molar-refractivity contribution < 1.29 is 24.2 Å². The van der Waals surface area contributed by atoms with E-state index >= 15 is 0 Å². The van der Waals surface area contributed by atoms with E-state index in [0.717, 1.165) is 16.8 Å². The van der Waals surface area contributed by atoms with Crippen molar-refractivity contribution in [1.82, 2.24) is 9.80 Å². The maximum absolute atomic E-state index is 14.5. The number of benzene rings is 1. The zero-order valence-electron chi connectivity index (χ0n) is 22.4. The highest BCUT2D eigenvalue weighted by Gasteiger charge is 2.78. The van der Waals surface area contributed by atoms with E-state index in [9.17, 15) is 19.5 Å². The molecule has 1 spiro atoms. The number of aliphatic hydroxyl groups is 1. The van der Waals surface area contributed by atoms with Gasteiger partial charge in [-0.2, -0.15) is 0 Å². The first kappa shape index (κ1) is 27.1. The minimum Gasteiger partial charge on any atom is -0.396 e. The Labute approximate surface area is 219 Å². The van der Waals surface area contributed by atoms with Crippen LogP contribution in [0.25, 0.3) is 0 Å². The van der Waals surface area contributed by atoms with E-state index in [4.69, 9.17) is 4.74 Å². The van der Waals surface area contributed by atoms with Gasteiger partial charge in [-0.1, -0.05) is 30.4 Å². The lowest BCUT2D eigenvalue weighted by atomic mass is 9.66. The summed E-state index contributed by atoms with van der Waals surface area (Å²) in [6.07, 6.45) is 4.75. The molecule has 0 radical (unpaired) electrons. The summed E-state index contributed by atoms with van der Waals surface area (Å²) in [6.45, 7) is 14.1. The number of hydrogen-bond acceptors (Lipinski definition) is 5. The number of likely N-dealkylation sites (N-methyl/N-ethyl adjacent to an activating group) is 1. The Morgan fingerprint density at radius 1 is 1.16 bits per heavy atom. The van der Waals surface area contributed by atoms with Crippen molar-refractivity contribution >= 4 is 23.4 Å². The number of aliphatic hydroxyl groups excluding tert-OH is 1. The van der Waals surface area contributed by atoms with E-state index < -0.39 is 29.1 Å². The van der Waals surface area contributed by atoms with Crippen LogP contribution in [0.2, 0.25) is 0 Å². The third kappa shape index (κ3) is 4.10. The number of likely N-dealkylation sites (tertiary alicyclic amines) is 1. The molecule has 2 bridgehead atoms. The van der Waals surface area contributed by atoms with E-state index in [1.807, 2.05) is 39.0 Å². The fraction of sp³-hybridized carbons (Fsp3) is 0.552. The molecule has 200 valence electrons. The molecular formula is C29H39N3O5. The maximum atomic E-state index is 14.5. The summed E-state index contributed by atoms with van der Waals surface area (Å²) >= 11 is 0. The fourth-order valence-electron chi connectivity index (χ4n) is 6.88. The number of nitrogens with zero attached hydrogens (tertiary/aromatic N) is 3. The second-order valence-electron chi connectivity index (χ2n) is 10.8. The number of anilines is 1. The van der Waals surface area contributed by atoms with Gasteiger partial charge in [0.2, 0.25) is 11.8 Å². The summed E-state index contributed by atoms with van der Waals surface area (Å²) in [6, 6.07) is 4.96. The number of fused-ring (bicyclic) bond motifs is 1. The van der Waals surface area contributed by atoms with Crippen LogP contribution in [-0.4, -0.2) is 83.2 Å². The van der Waals surface area contributed by atoms with Crippen molar-refractivity contribution in [3.05, 3.63) is 54.6 Å². The van der Waals surface area contributed by atoms with Gasteiger partial charge in [-0.25, -0.2) is 0 Å². The van der Waals surface area contributed by atoms with Gasteiger partial charge in [0.1, 0.15) is 11.6 Å². The number of amides is 3. The summed E-state index contributed by atoms with van der Waals surface area (Å²) in [7, 11) is 1.70. The van der Waals surface area contributed by atoms with Crippen LogP contribution in [0.15, 0.2) is 43.5 Å². The highest BCUT2D eigenvalue weighted by molar-refractivity contribution is 6.05. The zero-order chi connectivity index (χ0) is 27.1. The van der Waals surface area contributed by atoms with E-state index in [2.05, 4.69) is 13.2 Å². The minimum atomic E-state index is -1.11. The Balaban J connectivity index is 1.83. The van der Waals surface area contributed by atoms with Crippen LogP contribution in [0.1, 0.15) is 37.3 Å². The molecule has 2 unspecified atom stereocenters. The monoisotopic (exact) mass is 509 g/mol. The topological polar surface area (TPSA) is 90.4 Å². The van der Waals surface area contributed by atoms with Crippen LogP contribution in [0, 0.1) is 25.7 Å². The van der Waals surface area contributed by atoms with Crippen LogP contribution in [0.5, 0.6) is 0 Å². The Morgan fingerprint density at radius 3 is 2.41 bits per heavy atom. The van der Waals surface area contributed by atoms with Crippen molar-refractivity contribution in [2.24, 2.45) is 11.8 Å². The third-order valence-electron chi connectivity index (χ3n) is 8.40. The minimum absolute atomic E-state index is 0.112. The third-order valence-corrected chi connectivity index (χ3v) is 8.40. The first-order valence-electron chi connectivity index (χ1n) is 13.0. The molecule has 1 aromatic carbocycles. The number of para-hydroxylation sites is 1. The van der Waals surface area contributed by atoms with Crippen LogP contribution < -0.4 is 4.90 Å². The molecule has 0 aliphatic carbocycles. The normalized spacial score (nSPS) is 29.8. The van der Waals surface area contributed by atoms with Crippen LogP contribution >= 0.6 is 0 Å². The van der Waals surface area contributed by atoms with Crippen molar-refractivity contribution in [2.45, 2.75) is 57.3 Å². The molecule has 0 aromatic heterocycles. The molecule has 4 rings (SSSR count). The van der Waals surface area contributed by atoms with Gasteiger partial charge in [0.25, 0.3) is 5.91 Å². The van der Waals surface area contributed by atoms with Gasteiger partial charge in [-0.15, -0.1) is 13.2 Å². The highest BCUT2D eigenvalue weighted by atomic mass is 16.5. The largest absolute Gasteiger partial charge is 0.396 e. The van der Waals surface area contributed by atoms with E-state index in [-0.39, 0.29) is 37.4 Å². The van der Waals surface area contributed by atoms with Crippen molar-refractivity contribution in [2.75, 3.05) is 38.2 Å². The highest BCUT2D eigenvalue weighted by Crippen LogP contribution is 2.63. The molecule has 8 heteroatoms. The second kappa shape index (κ2) is 10.1. The van der Waals surface area contributed by atoms with Crippen LogP contribution in [0.3, 0.4) is 0 Å². The van der Waals surface area contributed by atoms with Crippen molar-refractivity contribution in [1.29, 1.82) is 0 Å². The number of hydrogen-bond donors (Lipinski definition) is 1. The van der Waals surface area contributed by atoms with E-state index in [0.29, 0.717) is 25.8 Å². The summed E-state index contributed by atoms with van der Waals surface area (Å²) in [5, 5.41) is 9.58. The van der Waals surface area contributed by atoms with Crippen molar-refractivity contribution in [3.63, 3.8) is 0 Å².